The second-order valence-electron chi connectivity index (χ2n) is 14.5. The van der Waals surface area contributed by atoms with Crippen molar-refractivity contribution in [1.29, 1.82) is 0 Å². The van der Waals surface area contributed by atoms with Crippen LogP contribution in [-0.2, 0) is 5.41 Å². The molecule has 0 N–H and O–H groups in total. The average Bonchev–Trinajstić information content (AvgIpc) is 3.55. The highest BCUT2D eigenvalue weighted by Gasteiger charge is 2.52. The van der Waals surface area contributed by atoms with Gasteiger partial charge in [-0.1, -0.05) is 140 Å². The molecule has 0 bridgehead atoms. The number of benzene rings is 9. The molecule has 1 heterocycles. The Labute approximate surface area is 326 Å². The fraction of sp³-hybridized carbons (Fsp3) is 0.0189. The number of para-hydroxylation sites is 4. The molecule has 1 spiro atoms. The molecule has 56 heavy (non-hydrogen) atoms. The smallest absolute Gasteiger partial charge is 0.134 e. The van der Waals surface area contributed by atoms with Gasteiger partial charge in [-0.25, -0.2) is 0 Å². The Kier molecular flexibility index (Phi) is 7.39. The first-order valence-corrected chi connectivity index (χ1v) is 19.2. The van der Waals surface area contributed by atoms with Crippen molar-refractivity contribution in [3.05, 3.63) is 241 Å². The molecule has 1 unspecified atom stereocenters. The summed E-state index contributed by atoms with van der Waals surface area (Å²) in [5, 5.41) is 2.37. The first kappa shape index (κ1) is 32.1. The van der Waals surface area contributed by atoms with Gasteiger partial charge in [-0.05, 0) is 106 Å². The highest BCUT2D eigenvalue weighted by Crippen LogP contribution is 2.64. The van der Waals surface area contributed by atoms with Gasteiger partial charge in [-0.15, -0.1) is 0 Å². The molecule has 11 rings (SSSR count). The maximum atomic E-state index is 7.14. The number of nitrogens with zero attached hydrogens (tertiary/aromatic N) is 2. The maximum absolute atomic E-state index is 7.14. The van der Waals surface area contributed by atoms with E-state index in [0.29, 0.717) is 0 Å². The van der Waals surface area contributed by atoms with E-state index in [1.165, 1.54) is 38.6 Å². The summed E-state index contributed by atoms with van der Waals surface area (Å²) in [7, 11) is 0. The molecular weight excluding hydrogens is 681 g/mol. The third kappa shape index (κ3) is 4.84. The second-order valence-corrected chi connectivity index (χ2v) is 14.5. The lowest BCUT2D eigenvalue weighted by Gasteiger charge is -2.41. The van der Waals surface area contributed by atoms with E-state index in [2.05, 4.69) is 228 Å². The topological polar surface area (TPSA) is 15.7 Å². The lowest BCUT2D eigenvalue weighted by Crippen LogP contribution is -2.32. The summed E-state index contributed by atoms with van der Waals surface area (Å²) in [6, 6.07) is 78.4. The molecule has 3 nitrogen and oxygen atoms in total. The van der Waals surface area contributed by atoms with Gasteiger partial charge >= 0.3 is 0 Å². The van der Waals surface area contributed by atoms with Gasteiger partial charge < -0.3 is 14.5 Å². The molecule has 3 heteroatoms. The van der Waals surface area contributed by atoms with E-state index in [1.54, 1.807) is 0 Å². The van der Waals surface area contributed by atoms with Gasteiger partial charge in [-0.2, -0.15) is 0 Å². The van der Waals surface area contributed by atoms with E-state index < -0.39 is 5.41 Å². The van der Waals surface area contributed by atoms with Crippen LogP contribution in [0.15, 0.2) is 218 Å². The number of anilines is 6. The van der Waals surface area contributed by atoms with Crippen LogP contribution < -0.4 is 14.5 Å². The number of ether oxygens (including phenoxy) is 1. The first-order valence-electron chi connectivity index (χ1n) is 19.2. The van der Waals surface area contributed by atoms with Gasteiger partial charge in [-0.3, -0.25) is 0 Å². The molecule has 9 aromatic carbocycles. The van der Waals surface area contributed by atoms with E-state index in [9.17, 15) is 0 Å². The SMILES string of the molecule is c1ccc(N(c2ccccc2)c2ccc3c(c2)Oc2ccc4ccccc4c2C32c3ccccc3-c3ccc(N(c4ccccc4)c4ccccc4)cc32)cc1. The van der Waals surface area contributed by atoms with Crippen molar-refractivity contribution in [3.63, 3.8) is 0 Å². The van der Waals surface area contributed by atoms with E-state index in [4.69, 9.17) is 4.74 Å². The fourth-order valence-corrected chi connectivity index (χ4v) is 9.19. The lowest BCUT2D eigenvalue weighted by atomic mass is 9.65. The summed E-state index contributed by atoms with van der Waals surface area (Å²) >= 11 is 0. The second kappa shape index (κ2) is 12.9. The summed E-state index contributed by atoms with van der Waals surface area (Å²) < 4.78 is 7.14. The summed E-state index contributed by atoms with van der Waals surface area (Å²) in [5.74, 6) is 1.72. The number of hydrogen-bond acceptors (Lipinski definition) is 3. The van der Waals surface area contributed by atoms with Gasteiger partial charge in [0.2, 0.25) is 0 Å². The first-order chi connectivity index (χ1) is 27.8. The highest BCUT2D eigenvalue weighted by atomic mass is 16.5. The minimum absolute atomic E-state index is 0.673. The van der Waals surface area contributed by atoms with E-state index in [1.807, 2.05) is 0 Å². The zero-order valence-electron chi connectivity index (χ0n) is 30.6. The zero-order chi connectivity index (χ0) is 37.1. The molecule has 264 valence electrons. The van der Waals surface area contributed by atoms with Crippen LogP contribution in [-0.4, -0.2) is 0 Å². The van der Waals surface area contributed by atoms with Crippen LogP contribution in [0.5, 0.6) is 11.5 Å². The van der Waals surface area contributed by atoms with Crippen molar-refractivity contribution in [2.24, 2.45) is 0 Å². The van der Waals surface area contributed by atoms with E-state index in [-0.39, 0.29) is 0 Å². The normalized spacial score (nSPS) is 14.6. The van der Waals surface area contributed by atoms with Crippen molar-refractivity contribution in [3.8, 4) is 22.6 Å². The van der Waals surface area contributed by atoms with Crippen LogP contribution in [0, 0.1) is 0 Å². The molecule has 0 amide bonds. The summed E-state index contributed by atoms with van der Waals surface area (Å²) in [6.07, 6.45) is 0. The van der Waals surface area contributed by atoms with Gasteiger partial charge in [0, 0.05) is 51.3 Å². The standard InChI is InChI=1S/C53H36N2O/c1-5-18-38(19-6-1)54(39-20-7-2-8-21-39)42-30-32-46-45-27-15-16-28-47(45)53(49(46)35-42)48-33-31-43(55(40-22-9-3-10-23-40)41-24-11-4-12-25-41)36-51(48)56-50-34-29-37-17-13-14-26-44(37)52(50)53/h1-36H. The molecule has 1 aliphatic heterocycles. The molecule has 0 aromatic heterocycles. The van der Waals surface area contributed by atoms with Gasteiger partial charge in [0.05, 0.1) is 5.41 Å². The number of hydrogen-bond donors (Lipinski definition) is 0. The van der Waals surface area contributed by atoms with Crippen LogP contribution in [0.1, 0.15) is 22.3 Å². The van der Waals surface area contributed by atoms with Crippen molar-refractivity contribution in [1.82, 2.24) is 0 Å². The molecule has 1 atom stereocenters. The maximum Gasteiger partial charge on any atom is 0.134 e. The van der Waals surface area contributed by atoms with Crippen LogP contribution in [0.25, 0.3) is 21.9 Å². The van der Waals surface area contributed by atoms with Gasteiger partial charge in [0.1, 0.15) is 11.5 Å². The minimum Gasteiger partial charge on any atom is -0.457 e. The third-order valence-electron chi connectivity index (χ3n) is 11.5. The largest absolute Gasteiger partial charge is 0.457 e. The van der Waals surface area contributed by atoms with Gasteiger partial charge in [0.25, 0.3) is 0 Å². The zero-order valence-corrected chi connectivity index (χ0v) is 30.6. The Morgan fingerprint density at radius 1 is 0.321 bits per heavy atom. The Bertz CT molecular complexity index is 2810. The fourth-order valence-electron chi connectivity index (χ4n) is 9.19. The van der Waals surface area contributed by atoms with Crippen molar-refractivity contribution >= 4 is 44.9 Å². The molecule has 1 aliphatic carbocycles. The van der Waals surface area contributed by atoms with E-state index in [0.717, 1.165) is 51.2 Å². The van der Waals surface area contributed by atoms with Crippen LogP contribution >= 0.6 is 0 Å². The summed E-state index contributed by atoms with van der Waals surface area (Å²) in [6.45, 7) is 0. The molecule has 0 saturated carbocycles. The number of fused-ring (bicyclic) bond motifs is 11. The third-order valence-corrected chi connectivity index (χ3v) is 11.5. The highest BCUT2D eigenvalue weighted by molar-refractivity contribution is 5.98. The molecule has 2 aliphatic rings. The average molecular weight is 717 g/mol. The van der Waals surface area contributed by atoms with Crippen LogP contribution in [0.4, 0.5) is 34.1 Å². The lowest BCUT2D eigenvalue weighted by molar-refractivity contribution is 0.438. The Morgan fingerprint density at radius 3 is 1.45 bits per heavy atom. The minimum atomic E-state index is -0.673. The number of rotatable bonds is 6. The molecule has 0 saturated heterocycles. The van der Waals surface area contributed by atoms with Crippen molar-refractivity contribution in [2.45, 2.75) is 5.41 Å². The predicted octanol–water partition coefficient (Wildman–Crippen LogP) is 14.2. The predicted molar refractivity (Wildman–Crippen MR) is 231 cm³/mol. The Balaban J connectivity index is 1.22. The van der Waals surface area contributed by atoms with Gasteiger partial charge in [0.15, 0.2) is 0 Å². The van der Waals surface area contributed by atoms with Crippen molar-refractivity contribution in [2.75, 3.05) is 9.80 Å². The van der Waals surface area contributed by atoms with Crippen LogP contribution in [0.3, 0.4) is 0 Å². The summed E-state index contributed by atoms with van der Waals surface area (Å²) in [4.78, 5) is 4.67. The van der Waals surface area contributed by atoms with Crippen LogP contribution in [0.2, 0.25) is 0 Å². The Hall–Kier alpha value is -7.36. The Morgan fingerprint density at radius 2 is 0.821 bits per heavy atom. The monoisotopic (exact) mass is 716 g/mol. The molecule has 0 radical (unpaired) electrons. The summed E-state index contributed by atoms with van der Waals surface area (Å²) in [5.41, 5.74) is 13.1. The molecule has 0 fully saturated rings. The van der Waals surface area contributed by atoms with E-state index >= 15 is 0 Å². The van der Waals surface area contributed by atoms with Crippen molar-refractivity contribution < 1.29 is 4.74 Å². The quantitative estimate of drug-likeness (QED) is 0.170. The molecular formula is C53H36N2O. The molecule has 9 aromatic rings.